The van der Waals surface area contributed by atoms with Gasteiger partial charge in [0.1, 0.15) is 27.9 Å². The Morgan fingerprint density at radius 2 is 1.80 bits per heavy atom. The van der Waals surface area contributed by atoms with E-state index in [9.17, 15) is 0 Å². The van der Waals surface area contributed by atoms with Gasteiger partial charge in [0, 0.05) is 5.38 Å². The van der Waals surface area contributed by atoms with Crippen LogP contribution in [-0.4, -0.2) is 31.3 Å². The van der Waals surface area contributed by atoms with Crippen LogP contribution in [0.15, 0.2) is 23.6 Å². The Morgan fingerprint density at radius 1 is 1.15 bits per heavy atom. The summed E-state index contributed by atoms with van der Waals surface area (Å²) in [5, 5.41) is 5.50. The number of thiocarbonyl (C=S) groups is 1. The molecular weight excluding hydrogens is 296 g/mol. The summed E-state index contributed by atoms with van der Waals surface area (Å²) in [6, 6.07) is 5.50. The third kappa shape index (κ3) is 3.00. The molecule has 0 aliphatic heterocycles. The molecule has 1 aromatic carbocycles. The number of aromatic nitrogens is 1. The quantitative estimate of drug-likeness (QED) is 0.857. The van der Waals surface area contributed by atoms with Crippen LogP contribution < -0.4 is 19.5 Å². The van der Waals surface area contributed by atoms with Crippen LogP contribution in [-0.2, 0) is 0 Å². The number of nitrogens with one attached hydrogen (secondary N) is 1. The summed E-state index contributed by atoms with van der Waals surface area (Å²) in [7, 11) is 4.76. The molecule has 0 unspecified atom stereocenters. The van der Waals surface area contributed by atoms with Crippen molar-refractivity contribution < 1.29 is 14.2 Å². The molecule has 20 heavy (non-hydrogen) atoms. The molecule has 0 atom stereocenters. The highest BCUT2D eigenvalue weighted by atomic mass is 32.1. The zero-order valence-corrected chi connectivity index (χ0v) is 12.9. The number of hydrogen-bond donors (Lipinski definition) is 1. The van der Waals surface area contributed by atoms with Crippen LogP contribution in [0.3, 0.4) is 0 Å². The molecule has 0 saturated carbocycles. The lowest BCUT2D eigenvalue weighted by Gasteiger charge is -2.14. The van der Waals surface area contributed by atoms with E-state index in [0.717, 1.165) is 0 Å². The standard InChI is InChI=1S/C13H14N2O3S2/c1-16-9-5-4-6-10(17-2)11(9)15-12(19)8-7-20-13(14-8)18-3/h4-7H,1-3H3,(H,15,19). The van der Waals surface area contributed by atoms with E-state index in [1.165, 1.54) is 11.3 Å². The van der Waals surface area contributed by atoms with Gasteiger partial charge < -0.3 is 19.5 Å². The average Bonchev–Trinajstić information content (AvgIpc) is 2.96. The molecule has 0 spiro atoms. The Labute approximate surface area is 126 Å². The summed E-state index contributed by atoms with van der Waals surface area (Å²) in [5.74, 6) is 1.29. The topological polar surface area (TPSA) is 52.6 Å². The molecule has 0 aliphatic rings. The first-order valence-corrected chi connectivity index (χ1v) is 7.00. The summed E-state index contributed by atoms with van der Waals surface area (Å²) in [6.07, 6.45) is 0. The maximum absolute atomic E-state index is 5.35. The number of rotatable bonds is 5. The monoisotopic (exact) mass is 310 g/mol. The molecule has 1 heterocycles. The Balaban J connectivity index is 2.27. The summed E-state index contributed by atoms with van der Waals surface area (Å²) in [5.41, 5.74) is 1.32. The van der Waals surface area contributed by atoms with Gasteiger partial charge in [-0.15, -0.1) is 0 Å². The molecule has 5 nitrogen and oxygen atoms in total. The molecule has 2 aromatic rings. The lowest BCUT2D eigenvalue weighted by Crippen LogP contribution is -2.12. The minimum atomic E-state index is 0.479. The number of nitrogens with zero attached hydrogens (tertiary/aromatic N) is 1. The third-order valence-electron chi connectivity index (χ3n) is 2.56. The SMILES string of the molecule is COc1nc(C(=S)Nc2c(OC)cccc2OC)cs1. The van der Waals surface area contributed by atoms with Crippen LogP contribution in [0, 0.1) is 0 Å². The van der Waals surface area contributed by atoms with Crippen molar-refractivity contribution in [3.8, 4) is 16.7 Å². The van der Waals surface area contributed by atoms with E-state index in [1.807, 2.05) is 23.6 Å². The van der Waals surface area contributed by atoms with Crippen molar-refractivity contribution in [3.63, 3.8) is 0 Å². The number of hydrogen-bond acceptors (Lipinski definition) is 6. The lowest BCUT2D eigenvalue weighted by atomic mass is 10.2. The highest BCUT2D eigenvalue weighted by molar-refractivity contribution is 7.81. The molecule has 1 aromatic heterocycles. The van der Waals surface area contributed by atoms with Crippen molar-refractivity contribution in [1.29, 1.82) is 0 Å². The van der Waals surface area contributed by atoms with Gasteiger partial charge in [-0.1, -0.05) is 29.6 Å². The molecule has 0 bridgehead atoms. The van der Waals surface area contributed by atoms with E-state index < -0.39 is 0 Å². The molecule has 0 fully saturated rings. The number of benzene rings is 1. The van der Waals surface area contributed by atoms with Crippen molar-refractivity contribution in [3.05, 3.63) is 29.3 Å². The maximum Gasteiger partial charge on any atom is 0.273 e. The van der Waals surface area contributed by atoms with Gasteiger partial charge in [-0.25, -0.2) is 4.98 Å². The number of methoxy groups -OCH3 is 3. The molecule has 106 valence electrons. The molecule has 0 aliphatic carbocycles. The normalized spacial score (nSPS) is 9.95. The lowest BCUT2D eigenvalue weighted by molar-refractivity contribution is 0.398. The molecule has 0 saturated heterocycles. The predicted molar refractivity (Wildman–Crippen MR) is 83.5 cm³/mol. The second-order valence-corrected chi connectivity index (χ2v) is 4.92. The maximum atomic E-state index is 5.35. The second-order valence-electron chi connectivity index (χ2n) is 3.69. The van der Waals surface area contributed by atoms with Crippen LogP contribution in [0.2, 0.25) is 0 Å². The third-order valence-corrected chi connectivity index (χ3v) is 3.67. The van der Waals surface area contributed by atoms with E-state index >= 15 is 0 Å². The van der Waals surface area contributed by atoms with Crippen LogP contribution in [0.5, 0.6) is 16.7 Å². The summed E-state index contributed by atoms with van der Waals surface area (Å²) in [6.45, 7) is 0. The van der Waals surface area contributed by atoms with Crippen molar-refractivity contribution in [1.82, 2.24) is 4.98 Å². The van der Waals surface area contributed by atoms with E-state index in [4.69, 9.17) is 26.4 Å². The highest BCUT2D eigenvalue weighted by Crippen LogP contribution is 2.34. The van der Waals surface area contributed by atoms with E-state index in [2.05, 4.69) is 10.3 Å². The van der Waals surface area contributed by atoms with Crippen molar-refractivity contribution in [2.75, 3.05) is 26.6 Å². The van der Waals surface area contributed by atoms with Crippen LogP contribution in [0.4, 0.5) is 5.69 Å². The van der Waals surface area contributed by atoms with Gasteiger partial charge >= 0.3 is 0 Å². The van der Waals surface area contributed by atoms with Gasteiger partial charge in [-0.2, -0.15) is 0 Å². The van der Waals surface area contributed by atoms with E-state index in [0.29, 0.717) is 33.1 Å². The first-order valence-electron chi connectivity index (χ1n) is 5.71. The van der Waals surface area contributed by atoms with Crippen molar-refractivity contribution in [2.24, 2.45) is 0 Å². The molecule has 0 amide bonds. The molecule has 7 heteroatoms. The van der Waals surface area contributed by atoms with Crippen LogP contribution >= 0.6 is 23.6 Å². The molecule has 0 radical (unpaired) electrons. The van der Waals surface area contributed by atoms with Crippen LogP contribution in [0.1, 0.15) is 5.69 Å². The Bertz CT molecular complexity index is 591. The zero-order chi connectivity index (χ0) is 14.5. The Morgan fingerprint density at radius 3 is 2.30 bits per heavy atom. The number of anilines is 1. The predicted octanol–water partition coefficient (Wildman–Crippen LogP) is 2.96. The first-order chi connectivity index (χ1) is 9.69. The van der Waals surface area contributed by atoms with Crippen molar-refractivity contribution in [2.45, 2.75) is 0 Å². The number of thiazole rings is 1. The fourth-order valence-electron chi connectivity index (χ4n) is 1.61. The van der Waals surface area contributed by atoms with Gasteiger partial charge in [0.05, 0.1) is 21.3 Å². The van der Waals surface area contributed by atoms with Gasteiger partial charge in [0.2, 0.25) is 0 Å². The second kappa shape index (κ2) is 6.53. The summed E-state index contributed by atoms with van der Waals surface area (Å²) in [4.78, 5) is 4.73. The highest BCUT2D eigenvalue weighted by Gasteiger charge is 2.14. The van der Waals surface area contributed by atoms with Crippen molar-refractivity contribution >= 4 is 34.2 Å². The smallest absolute Gasteiger partial charge is 0.273 e. The summed E-state index contributed by atoms with van der Waals surface area (Å²) >= 11 is 6.73. The fourth-order valence-corrected chi connectivity index (χ4v) is 2.52. The molecule has 1 N–H and O–H groups in total. The van der Waals surface area contributed by atoms with Gasteiger partial charge in [-0.05, 0) is 12.1 Å². The van der Waals surface area contributed by atoms with Gasteiger partial charge in [0.25, 0.3) is 5.19 Å². The molecular formula is C13H14N2O3S2. The summed E-state index contributed by atoms with van der Waals surface area (Å²) < 4.78 is 15.7. The van der Waals surface area contributed by atoms with Crippen LogP contribution in [0.25, 0.3) is 0 Å². The fraction of sp³-hybridized carbons (Fsp3) is 0.231. The largest absolute Gasteiger partial charge is 0.494 e. The minimum absolute atomic E-state index is 0.479. The number of ether oxygens (including phenoxy) is 3. The Hall–Kier alpha value is -1.86. The van der Waals surface area contributed by atoms with Gasteiger partial charge in [0.15, 0.2) is 0 Å². The van der Waals surface area contributed by atoms with Gasteiger partial charge in [-0.3, -0.25) is 0 Å². The molecule has 2 rings (SSSR count). The zero-order valence-electron chi connectivity index (χ0n) is 11.3. The Kier molecular flexibility index (Phi) is 4.75. The average molecular weight is 310 g/mol. The van der Waals surface area contributed by atoms with E-state index in [-0.39, 0.29) is 0 Å². The first kappa shape index (κ1) is 14.5. The number of para-hydroxylation sites is 1. The van der Waals surface area contributed by atoms with E-state index in [1.54, 1.807) is 21.3 Å². The minimum Gasteiger partial charge on any atom is -0.494 e.